The summed E-state index contributed by atoms with van der Waals surface area (Å²) in [6, 6.07) is 0.583. The minimum absolute atomic E-state index is 0.280. The lowest BCUT2D eigenvalue weighted by Gasteiger charge is -2.34. The van der Waals surface area contributed by atoms with Gasteiger partial charge < -0.3 is 4.90 Å². The molecule has 3 unspecified atom stereocenters. The van der Waals surface area contributed by atoms with E-state index in [2.05, 4.69) is 39.0 Å². The predicted octanol–water partition coefficient (Wildman–Crippen LogP) is 3.70. The molecule has 0 heterocycles. The molecule has 0 spiro atoms. The third-order valence-electron chi connectivity index (χ3n) is 4.75. The minimum atomic E-state index is 0.280. The van der Waals surface area contributed by atoms with Gasteiger partial charge in [-0.05, 0) is 57.1 Å². The second kappa shape index (κ2) is 8.31. The number of nitrogens with zero attached hydrogens (tertiary/aromatic N) is 1. The standard InChI is InChI=1S/C16H31NOS/c1-12(2)14-6-7-16(18)15(10-14)11-17(4)13(3)8-9-19-5/h12-15H,6-11H2,1-5H3. The van der Waals surface area contributed by atoms with E-state index in [1.165, 1.54) is 12.2 Å². The summed E-state index contributed by atoms with van der Waals surface area (Å²) < 4.78 is 0. The monoisotopic (exact) mass is 285 g/mol. The van der Waals surface area contributed by atoms with Crippen LogP contribution in [0.2, 0.25) is 0 Å². The van der Waals surface area contributed by atoms with Crippen LogP contribution in [0, 0.1) is 17.8 Å². The molecule has 1 rings (SSSR count). The molecule has 1 aliphatic carbocycles. The molecule has 0 aromatic rings. The first-order chi connectivity index (χ1) is 8.95. The van der Waals surface area contributed by atoms with Gasteiger partial charge in [-0.1, -0.05) is 13.8 Å². The van der Waals surface area contributed by atoms with Crippen molar-refractivity contribution in [3.63, 3.8) is 0 Å². The van der Waals surface area contributed by atoms with Crippen LogP contribution >= 0.6 is 11.8 Å². The number of carbonyl (C=O) groups is 1. The zero-order valence-corrected chi connectivity index (χ0v) is 14.1. The Morgan fingerprint density at radius 2 is 2.05 bits per heavy atom. The van der Waals surface area contributed by atoms with Gasteiger partial charge in [0.1, 0.15) is 5.78 Å². The van der Waals surface area contributed by atoms with Gasteiger partial charge in [0.25, 0.3) is 0 Å². The average Bonchev–Trinajstić information content (AvgIpc) is 2.38. The first-order valence-corrected chi connectivity index (χ1v) is 9.07. The Hall–Kier alpha value is -0.0200. The molecule has 1 fully saturated rings. The van der Waals surface area contributed by atoms with E-state index in [0.717, 1.165) is 37.6 Å². The smallest absolute Gasteiger partial charge is 0.137 e. The quantitative estimate of drug-likeness (QED) is 0.711. The van der Waals surface area contributed by atoms with Gasteiger partial charge in [0, 0.05) is 24.9 Å². The van der Waals surface area contributed by atoms with Crippen molar-refractivity contribution < 1.29 is 4.79 Å². The van der Waals surface area contributed by atoms with Gasteiger partial charge in [-0.2, -0.15) is 11.8 Å². The topological polar surface area (TPSA) is 20.3 Å². The molecule has 0 bridgehead atoms. The maximum Gasteiger partial charge on any atom is 0.137 e. The molecule has 19 heavy (non-hydrogen) atoms. The number of carbonyl (C=O) groups excluding carboxylic acids is 1. The molecule has 0 N–H and O–H groups in total. The Morgan fingerprint density at radius 1 is 1.37 bits per heavy atom. The lowest BCUT2D eigenvalue weighted by atomic mass is 9.75. The summed E-state index contributed by atoms with van der Waals surface area (Å²) in [5, 5.41) is 0. The fraction of sp³-hybridized carbons (Fsp3) is 0.938. The highest BCUT2D eigenvalue weighted by atomic mass is 32.2. The fourth-order valence-electron chi connectivity index (χ4n) is 2.96. The van der Waals surface area contributed by atoms with Crippen LogP contribution in [0.5, 0.6) is 0 Å². The molecular formula is C16H31NOS. The first-order valence-electron chi connectivity index (χ1n) is 7.67. The second-order valence-corrected chi connectivity index (χ2v) is 7.50. The lowest BCUT2D eigenvalue weighted by molar-refractivity contribution is -0.126. The van der Waals surface area contributed by atoms with Crippen molar-refractivity contribution >= 4 is 17.5 Å². The highest BCUT2D eigenvalue weighted by molar-refractivity contribution is 7.98. The highest BCUT2D eigenvalue weighted by Gasteiger charge is 2.31. The van der Waals surface area contributed by atoms with E-state index < -0.39 is 0 Å². The number of rotatable bonds is 7. The summed E-state index contributed by atoms with van der Waals surface area (Å²) in [5.41, 5.74) is 0. The second-order valence-electron chi connectivity index (χ2n) is 6.51. The number of ketones is 1. The summed E-state index contributed by atoms with van der Waals surface area (Å²) in [6.07, 6.45) is 6.40. The summed E-state index contributed by atoms with van der Waals surface area (Å²) in [7, 11) is 2.18. The molecule has 0 radical (unpaired) electrons. The van der Waals surface area contributed by atoms with Crippen LogP contribution in [0.3, 0.4) is 0 Å². The lowest BCUT2D eigenvalue weighted by Crippen LogP contribution is -2.39. The molecule has 0 saturated heterocycles. The molecule has 0 aliphatic heterocycles. The van der Waals surface area contributed by atoms with Crippen LogP contribution in [0.25, 0.3) is 0 Å². The van der Waals surface area contributed by atoms with Crippen LogP contribution in [-0.4, -0.2) is 42.3 Å². The van der Waals surface area contributed by atoms with Crippen LogP contribution in [0.15, 0.2) is 0 Å². The molecule has 0 amide bonds. The molecule has 2 nitrogen and oxygen atoms in total. The third-order valence-corrected chi connectivity index (χ3v) is 5.39. The molecular weight excluding hydrogens is 254 g/mol. The van der Waals surface area contributed by atoms with E-state index in [4.69, 9.17) is 0 Å². The van der Waals surface area contributed by atoms with E-state index in [1.807, 2.05) is 11.8 Å². The van der Waals surface area contributed by atoms with Crippen molar-refractivity contribution in [3.8, 4) is 0 Å². The van der Waals surface area contributed by atoms with Gasteiger partial charge in [-0.15, -0.1) is 0 Å². The molecule has 3 atom stereocenters. The van der Waals surface area contributed by atoms with Crippen molar-refractivity contribution in [2.45, 2.75) is 52.5 Å². The van der Waals surface area contributed by atoms with E-state index in [0.29, 0.717) is 11.8 Å². The Labute approximate surface area is 123 Å². The number of Topliss-reactive ketones (excluding diaryl/α,β-unsaturated/α-hetero) is 1. The fourth-order valence-corrected chi connectivity index (χ4v) is 3.54. The molecule has 3 heteroatoms. The summed E-state index contributed by atoms with van der Waals surface area (Å²) in [4.78, 5) is 14.5. The predicted molar refractivity (Wildman–Crippen MR) is 85.8 cm³/mol. The van der Waals surface area contributed by atoms with Crippen molar-refractivity contribution in [2.75, 3.05) is 25.6 Å². The average molecular weight is 285 g/mol. The van der Waals surface area contributed by atoms with Crippen molar-refractivity contribution in [3.05, 3.63) is 0 Å². The van der Waals surface area contributed by atoms with Crippen LogP contribution in [-0.2, 0) is 4.79 Å². The Bertz CT molecular complexity index is 280. The van der Waals surface area contributed by atoms with E-state index >= 15 is 0 Å². The third kappa shape index (κ3) is 5.47. The Balaban J connectivity index is 2.46. The number of thioether (sulfide) groups is 1. The summed E-state index contributed by atoms with van der Waals surface area (Å²) in [5.74, 6) is 3.45. The molecule has 1 saturated carbocycles. The van der Waals surface area contributed by atoms with Crippen LogP contribution in [0.1, 0.15) is 46.5 Å². The summed E-state index contributed by atoms with van der Waals surface area (Å²) in [6.45, 7) is 7.83. The van der Waals surface area contributed by atoms with Gasteiger partial charge >= 0.3 is 0 Å². The SMILES string of the molecule is CSCCC(C)N(C)CC1CC(C(C)C)CCC1=O. The summed E-state index contributed by atoms with van der Waals surface area (Å²) >= 11 is 1.90. The highest BCUT2D eigenvalue weighted by Crippen LogP contribution is 2.32. The maximum atomic E-state index is 12.1. The largest absolute Gasteiger partial charge is 0.303 e. The van der Waals surface area contributed by atoms with Crippen LogP contribution < -0.4 is 0 Å². The first kappa shape index (κ1) is 17.0. The van der Waals surface area contributed by atoms with Gasteiger partial charge in [0.2, 0.25) is 0 Å². The van der Waals surface area contributed by atoms with Crippen molar-refractivity contribution in [2.24, 2.45) is 17.8 Å². The van der Waals surface area contributed by atoms with Crippen LogP contribution in [0.4, 0.5) is 0 Å². The normalized spacial score (nSPS) is 26.2. The van der Waals surface area contributed by atoms with Crippen molar-refractivity contribution in [1.29, 1.82) is 0 Å². The molecule has 0 aromatic heterocycles. The molecule has 112 valence electrons. The van der Waals surface area contributed by atoms with E-state index in [9.17, 15) is 4.79 Å². The Morgan fingerprint density at radius 3 is 2.63 bits per heavy atom. The van der Waals surface area contributed by atoms with E-state index in [1.54, 1.807) is 0 Å². The van der Waals surface area contributed by atoms with Gasteiger partial charge in [0.05, 0.1) is 0 Å². The van der Waals surface area contributed by atoms with E-state index in [-0.39, 0.29) is 5.92 Å². The maximum absolute atomic E-state index is 12.1. The zero-order valence-electron chi connectivity index (χ0n) is 13.3. The Kier molecular flexibility index (Phi) is 7.45. The van der Waals surface area contributed by atoms with Gasteiger partial charge in [-0.3, -0.25) is 4.79 Å². The van der Waals surface area contributed by atoms with Crippen molar-refractivity contribution in [1.82, 2.24) is 4.90 Å². The molecule has 0 aromatic carbocycles. The van der Waals surface area contributed by atoms with Gasteiger partial charge in [-0.25, -0.2) is 0 Å². The zero-order chi connectivity index (χ0) is 14.4. The van der Waals surface area contributed by atoms with Gasteiger partial charge in [0.15, 0.2) is 0 Å². The molecule has 1 aliphatic rings. The number of hydrogen-bond acceptors (Lipinski definition) is 3. The number of hydrogen-bond donors (Lipinski definition) is 0. The minimum Gasteiger partial charge on any atom is -0.303 e.